The van der Waals surface area contributed by atoms with Gasteiger partial charge in [0.25, 0.3) is 0 Å². The standard InChI is InChI=1S/C24H30N4/c1-19-17-28(18-25-19)22-10-8-21(9-11-22)26-12-14-27(15-13-26)23-7-5-6-20(16-23)24(2,3)4/h5-11,16-18H,12-15H2,1-4H3. The van der Waals surface area contributed by atoms with Crippen LogP contribution in [0.4, 0.5) is 11.4 Å². The molecule has 146 valence electrons. The van der Waals surface area contributed by atoms with Crippen molar-refractivity contribution in [1.29, 1.82) is 0 Å². The van der Waals surface area contributed by atoms with E-state index in [1.54, 1.807) is 0 Å². The number of hydrogen-bond donors (Lipinski definition) is 0. The highest BCUT2D eigenvalue weighted by atomic mass is 15.3. The predicted molar refractivity (Wildman–Crippen MR) is 118 cm³/mol. The molecule has 0 radical (unpaired) electrons. The average molecular weight is 375 g/mol. The summed E-state index contributed by atoms with van der Waals surface area (Å²) in [6, 6.07) is 17.8. The molecule has 0 amide bonds. The minimum atomic E-state index is 0.188. The van der Waals surface area contributed by atoms with E-state index < -0.39 is 0 Å². The first-order chi connectivity index (χ1) is 13.4. The van der Waals surface area contributed by atoms with Crippen LogP contribution in [0, 0.1) is 6.92 Å². The van der Waals surface area contributed by atoms with E-state index in [4.69, 9.17) is 0 Å². The Hall–Kier alpha value is -2.75. The van der Waals surface area contributed by atoms with E-state index in [1.807, 2.05) is 13.3 Å². The summed E-state index contributed by atoms with van der Waals surface area (Å²) in [5.41, 5.74) is 6.42. The molecular formula is C24H30N4. The molecule has 0 aliphatic carbocycles. The second-order valence-electron chi connectivity index (χ2n) is 8.71. The number of rotatable bonds is 3. The van der Waals surface area contributed by atoms with Gasteiger partial charge >= 0.3 is 0 Å². The highest BCUT2D eigenvalue weighted by Gasteiger charge is 2.20. The van der Waals surface area contributed by atoms with Crippen LogP contribution in [0.1, 0.15) is 32.0 Å². The third kappa shape index (κ3) is 3.91. The zero-order valence-corrected chi connectivity index (χ0v) is 17.4. The normalized spacial score (nSPS) is 15.1. The Morgan fingerprint density at radius 3 is 1.96 bits per heavy atom. The molecule has 4 nitrogen and oxygen atoms in total. The molecule has 28 heavy (non-hydrogen) atoms. The van der Waals surface area contributed by atoms with E-state index in [0.29, 0.717) is 0 Å². The molecular weight excluding hydrogens is 344 g/mol. The van der Waals surface area contributed by atoms with Gasteiger partial charge < -0.3 is 14.4 Å². The summed E-state index contributed by atoms with van der Waals surface area (Å²) in [5.74, 6) is 0. The van der Waals surface area contributed by atoms with Gasteiger partial charge in [-0.15, -0.1) is 0 Å². The number of imidazole rings is 1. The van der Waals surface area contributed by atoms with Crippen LogP contribution in [-0.4, -0.2) is 35.7 Å². The van der Waals surface area contributed by atoms with E-state index in [0.717, 1.165) is 37.6 Å². The van der Waals surface area contributed by atoms with Crippen LogP contribution >= 0.6 is 0 Å². The van der Waals surface area contributed by atoms with E-state index in [1.165, 1.54) is 16.9 Å². The number of nitrogens with zero attached hydrogens (tertiary/aromatic N) is 4. The van der Waals surface area contributed by atoms with Crippen LogP contribution in [0.2, 0.25) is 0 Å². The van der Waals surface area contributed by atoms with E-state index in [2.05, 4.69) is 94.8 Å². The molecule has 0 unspecified atom stereocenters. The van der Waals surface area contributed by atoms with Gasteiger partial charge in [-0.25, -0.2) is 4.98 Å². The first-order valence-corrected chi connectivity index (χ1v) is 10.1. The van der Waals surface area contributed by atoms with Gasteiger partial charge in [-0.3, -0.25) is 0 Å². The molecule has 0 N–H and O–H groups in total. The molecule has 1 aliphatic rings. The van der Waals surface area contributed by atoms with E-state index in [-0.39, 0.29) is 5.41 Å². The Morgan fingerprint density at radius 2 is 1.39 bits per heavy atom. The second-order valence-corrected chi connectivity index (χ2v) is 8.71. The fourth-order valence-electron chi connectivity index (χ4n) is 3.79. The van der Waals surface area contributed by atoms with Gasteiger partial charge in [0.05, 0.1) is 12.0 Å². The van der Waals surface area contributed by atoms with Gasteiger partial charge in [0.15, 0.2) is 0 Å². The van der Waals surface area contributed by atoms with Crippen molar-refractivity contribution in [3.63, 3.8) is 0 Å². The Balaban J connectivity index is 1.42. The quantitative estimate of drug-likeness (QED) is 0.658. The van der Waals surface area contributed by atoms with Gasteiger partial charge in [-0.05, 0) is 54.3 Å². The molecule has 0 atom stereocenters. The zero-order valence-electron chi connectivity index (χ0n) is 17.4. The third-order valence-electron chi connectivity index (χ3n) is 5.58. The summed E-state index contributed by atoms with van der Waals surface area (Å²) in [6.45, 7) is 13.0. The fourth-order valence-corrected chi connectivity index (χ4v) is 3.79. The van der Waals surface area contributed by atoms with Gasteiger partial charge in [0.1, 0.15) is 0 Å². The SMILES string of the molecule is Cc1cn(-c2ccc(N3CCN(c4cccc(C(C)(C)C)c4)CC3)cc2)cn1. The summed E-state index contributed by atoms with van der Waals surface area (Å²) >= 11 is 0. The fraction of sp³-hybridized carbons (Fsp3) is 0.375. The number of benzene rings is 2. The maximum atomic E-state index is 4.31. The number of anilines is 2. The molecule has 1 aromatic heterocycles. The molecule has 3 aromatic rings. The Labute approximate surface area is 168 Å². The van der Waals surface area contributed by atoms with Gasteiger partial charge in [-0.1, -0.05) is 32.9 Å². The summed E-state index contributed by atoms with van der Waals surface area (Å²) in [4.78, 5) is 9.30. The number of aromatic nitrogens is 2. The summed E-state index contributed by atoms with van der Waals surface area (Å²) < 4.78 is 2.07. The van der Waals surface area contributed by atoms with E-state index in [9.17, 15) is 0 Å². The molecule has 0 saturated carbocycles. The number of aryl methyl sites for hydroxylation is 1. The zero-order chi connectivity index (χ0) is 19.7. The van der Waals surface area contributed by atoms with Crippen molar-refractivity contribution in [2.45, 2.75) is 33.1 Å². The van der Waals surface area contributed by atoms with Crippen LogP contribution in [0.25, 0.3) is 5.69 Å². The highest BCUT2D eigenvalue weighted by molar-refractivity contribution is 5.55. The molecule has 1 fully saturated rings. The van der Waals surface area contributed by atoms with Crippen molar-refractivity contribution in [1.82, 2.24) is 9.55 Å². The number of piperazine rings is 1. The van der Waals surface area contributed by atoms with Crippen molar-refractivity contribution >= 4 is 11.4 Å². The largest absolute Gasteiger partial charge is 0.368 e. The highest BCUT2D eigenvalue weighted by Crippen LogP contribution is 2.27. The molecule has 2 heterocycles. The van der Waals surface area contributed by atoms with Crippen molar-refractivity contribution in [3.8, 4) is 5.69 Å². The molecule has 4 rings (SSSR count). The van der Waals surface area contributed by atoms with Gasteiger partial charge in [0, 0.05) is 49.4 Å². The lowest BCUT2D eigenvalue weighted by atomic mass is 9.87. The Kier molecular flexibility index (Phi) is 4.88. The third-order valence-corrected chi connectivity index (χ3v) is 5.58. The van der Waals surface area contributed by atoms with E-state index >= 15 is 0 Å². The molecule has 4 heteroatoms. The first kappa shape index (κ1) is 18.6. The maximum absolute atomic E-state index is 4.31. The molecule has 2 aromatic carbocycles. The minimum Gasteiger partial charge on any atom is -0.368 e. The summed E-state index contributed by atoms with van der Waals surface area (Å²) in [5, 5.41) is 0. The summed E-state index contributed by atoms with van der Waals surface area (Å²) in [7, 11) is 0. The lowest BCUT2D eigenvalue weighted by molar-refractivity contribution is 0.588. The maximum Gasteiger partial charge on any atom is 0.0995 e. The van der Waals surface area contributed by atoms with Crippen LogP contribution in [0.15, 0.2) is 61.1 Å². The molecule has 0 bridgehead atoms. The van der Waals surface area contributed by atoms with Gasteiger partial charge in [0.2, 0.25) is 0 Å². The van der Waals surface area contributed by atoms with Crippen molar-refractivity contribution in [2.24, 2.45) is 0 Å². The van der Waals surface area contributed by atoms with Gasteiger partial charge in [-0.2, -0.15) is 0 Å². The lowest BCUT2D eigenvalue weighted by Gasteiger charge is -2.38. The monoisotopic (exact) mass is 374 g/mol. The predicted octanol–water partition coefficient (Wildman–Crippen LogP) is 4.80. The first-order valence-electron chi connectivity index (χ1n) is 10.1. The van der Waals surface area contributed by atoms with Crippen LogP contribution in [0.5, 0.6) is 0 Å². The Morgan fingerprint density at radius 1 is 0.786 bits per heavy atom. The topological polar surface area (TPSA) is 24.3 Å². The molecule has 1 aliphatic heterocycles. The van der Waals surface area contributed by atoms with Crippen molar-refractivity contribution in [3.05, 3.63) is 72.3 Å². The van der Waals surface area contributed by atoms with Crippen LogP contribution in [-0.2, 0) is 5.41 Å². The Bertz CT molecular complexity index is 926. The smallest absolute Gasteiger partial charge is 0.0995 e. The average Bonchev–Trinajstić information content (AvgIpc) is 3.14. The summed E-state index contributed by atoms with van der Waals surface area (Å²) in [6.07, 6.45) is 3.92. The minimum absolute atomic E-state index is 0.188. The van der Waals surface area contributed by atoms with Crippen LogP contribution in [0.3, 0.4) is 0 Å². The molecule has 0 spiro atoms. The number of hydrogen-bond acceptors (Lipinski definition) is 3. The van der Waals surface area contributed by atoms with Crippen molar-refractivity contribution < 1.29 is 0 Å². The second kappa shape index (κ2) is 7.34. The van der Waals surface area contributed by atoms with Crippen molar-refractivity contribution in [2.75, 3.05) is 36.0 Å². The lowest BCUT2D eigenvalue weighted by Crippen LogP contribution is -2.46. The molecule has 1 saturated heterocycles. The van der Waals surface area contributed by atoms with Crippen LogP contribution < -0.4 is 9.80 Å².